The first-order chi connectivity index (χ1) is 10.8. The van der Waals surface area contributed by atoms with E-state index in [2.05, 4.69) is 5.10 Å². The molecule has 0 N–H and O–H groups in total. The molecule has 2 rings (SSSR count). The van der Waals surface area contributed by atoms with Gasteiger partial charge in [0.25, 0.3) is 0 Å². The highest BCUT2D eigenvalue weighted by molar-refractivity contribution is 5.69. The van der Waals surface area contributed by atoms with Gasteiger partial charge in [-0.3, -0.25) is 0 Å². The standard InChI is InChI=1S/C15H24N2O3/c1-14(2,3)20-13(18)17-10-6-12(16-17)19-11-5-7-15(4)8-9-15/h6,10H,5,7-9,11H2,1-4H3/i5D2,7D2. The third-order valence-corrected chi connectivity index (χ3v) is 2.83. The zero-order valence-electron chi connectivity index (χ0n) is 16.4. The van der Waals surface area contributed by atoms with E-state index in [0.717, 1.165) is 4.68 Å². The number of ether oxygens (including phenoxy) is 2. The second kappa shape index (κ2) is 5.46. The first kappa shape index (κ1) is 10.2. The molecule has 0 saturated heterocycles. The minimum atomic E-state index is -2.17. The maximum absolute atomic E-state index is 11.9. The Hall–Kier alpha value is -1.52. The maximum atomic E-state index is 11.9. The van der Waals surface area contributed by atoms with Crippen LogP contribution in [0.2, 0.25) is 0 Å². The number of carbonyl (C=O) groups is 1. The van der Waals surface area contributed by atoms with Gasteiger partial charge in [0.1, 0.15) is 5.60 Å². The molecule has 0 spiro atoms. The van der Waals surface area contributed by atoms with Crippen LogP contribution in [-0.2, 0) is 4.74 Å². The molecule has 1 fully saturated rings. The summed E-state index contributed by atoms with van der Waals surface area (Å²) in [6.45, 7) is 6.46. The van der Waals surface area contributed by atoms with Crippen LogP contribution in [-0.4, -0.2) is 28.1 Å². The first-order valence-electron chi connectivity index (χ1n) is 8.69. The quantitative estimate of drug-likeness (QED) is 0.828. The van der Waals surface area contributed by atoms with Crippen molar-refractivity contribution in [3.8, 4) is 5.88 Å². The Morgan fingerprint density at radius 3 is 2.85 bits per heavy atom. The second-order valence-electron chi connectivity index (χ2n) is 6.23. The molecular weight excluding hydrogens is 256 g/mol. The molecule has 1 aliphatic rings. The van der Waals surface area contributed by atoms with E-state index in [9.17, 15) is 4.79 Å². The van der Waals surface area contributed by atoms with Crippen LogP contribution in [0.3, 0.4) is 0 Å². The zero-order valence-corrected chi connectivity index (χ0v) is 12.4. The summed E-state index contributed by atoms with van der Waals surface area (Å²) >= 11 is 0. The molecule has 112 valence electrons. The molecule has 1 heterocycles. The lowest BCUT2D eigenvalue weighted by Gasteiger charge is -2.18. The van der Waals surface area contributed by atoms with Crippen molar-refractivity contribution in [1.29, 1.82) is 0 Å². The van der Waals surface area contributed by atoms with Crippen molar-refractivity contribution in [2.24, 2.45) is 5.41 Å². The summed E-state index contributed by atoms with van der Waals surface area (Å²) in [5, 5.41) is 3.89. The summed E-state index contributed by atoms with van der Waals surface area (Å²) in [6, 6.07) is 1.41. The fourth-order valence-electron chi connectivity index (χ4n) is 1.47. The Morgan fingerprint density at radius 2 is 2.25 bits per heavy atom. The fourth-order valence-corrected chi connectivity index (χ4v) is 1.47. The number of aromatic nitrogens is 2. The van der Waals surface area contributed by atoms with Crippen LogP contribution in [0.1, 0.15) is 58.8 Å². The molecule has 5 heteroatoms. The number of nitrogens with zero attached hydrogens (tertiary/aromatic N) is 2. The van der Waals surface area contributed by atoms with Gasteiger partial charge in [0, 0.05) is 17.7 Å². The average molecular weight is 284 g/mol. The molecule has 0 unspecified atom stereocenters. The van der Waals surface area contributed by atoms with Crippen LogP contribution < -0.4 is 4.74 Å². The van der Waals surface area contributed by atoms with E-state index in [1.54, 1.807) is 27.7 Å². The Bertz CT molecular complexity index is 618. The second-order valence-corrected chi connectivity index (χ2v) is 6.23. The largest absolute Gasteiger partial charge is 0.477 e. The van der Waals surface area contributed by atoms with E-state index in [1.807, 2.05) is 0 Å². The third kappa shape index (κ3) is 4.54. The first-order valence-corrected chi connectivity index (χ1v) is 6.69. The highest BCUT2D eigenvalue weighted by Gasteiger charge is 2.36. The summed E-state index contributed by atoms with van der Waals surface area (Å²) in [5.74, 6) is 0.0430. The van der Waals surface area contributed by atoms with Crippen molar-refractivity contribution in [3.63, 3.8) is 0 Å². The van der Waals surface area contributed by atoms with Gasteiger partial charge in [-0.25, -0.2) is 4.79 Å². The molecule has 0 aliphatic heterocycles. The Kier molecular flexibility index (Phi) is 2.80. The topological polar surface area (TPSA) is 53.4 Å². The molecular formula is C15H24N2O3. The van der Waals surface area contributed by atoms with Gasteiger partial charge in [-0.1, -0.05) is 6.92 Å². The van der Waals surface area contributed by atoms with Crippen molar-refractivity contribution in [1.82, 2.24) is 9.78 Å². The molecule has 1 aromatic heterocycles. The Morgan fingerprint density at radius 1 is 1.55 bits per heavy atom. The molecule has 1 aromatic rings. The molecule has 1 aliphatic carbocycles. The monoisotopic (exact) mass is 284 g/mol. The summed E-state index contributed by atoms with van der Waals surface area (Å²) < 4.78 is 43.6. The highest BCUT2D eigenvalue weighted by Crippen LogP contribution is 2.48. The van der Waals surface area contributed by atoms with E-state index in [1.165, 1.54) is 12.3 Å². The number of carbonyl (C=O) groups excluding carboxylic acids is 1. The molecule has 0 bridgehead atoms. The third-order valence-electron chi connectivity index (χ3n) is 2.83. The lowest BCUT2D eigenvalue weighted by atomic mass is 10.0. The summed E-state index contributed by atoms with van der Waals surface area (Å²) in [5.41, 5.74) is -1.31. The molecule has 0 aromatic carbocycles. The van der Waals surface area contributed by atoms with Crippen LogP contribution in [0.15, 0.2) is 12.3 Å². The Labute approximate surface area is 125 Å². The van der Waals surface area contributed by atoms with Crippen LogP contribution >= 0.6 is 0 Å². The number of hydrogen-bond donors (Lipinski definition) is 0. The molecule has 0 radical (unpaired) electrons. The molecule has 1 saturated carbocycles. The van der Waals surface area contributed by atoms with Gasteiger partial charge < -0.3 is 9.47 Å². The lowest BCUT2D eigenvalue weighted by molar-refractivity contribution is 0.0511. The zero-order chi connectivity index (χ0) is 18.4. The summed E-state index contributed by atoms with van der Waals surface area (Å²) in [7, 11) is 0. The summed E-state index contributed by atoms with van der Waals surface area (Å²) in [6.07, 6.45) is -2.17. The van der Waals surface area contributed by atoms with Gasteiger partial charge in [0.15, 0.2) is 0 Å². The van der Waals surface area contributed by atoms with Crippen LogP contribution in [0.5, 0.6) is 5.88 Å². The highest BCUT2D eigenvalue weighted by atomic mass is 16.6. The van der Waals surface area contributed by atoms with Gasteiger partial charge in [0.05, 0.1) is 6.61 Å². The lowest BCUT2D eigenvalue weighted by Crippen LogP contribution is -2.27. The normalized spacial score (nSPS) is 21.2. The van der Waals surface area contributed by atoms with Gasteiger partial charge in [-0.05, 0) is 51.8 Å². The average Bonchev–Trinajstić information content (AvgIpc) is 3.01. The van der Waals surface area contributed by atoms with Crippen molar-refractivity contribution < 1.29 is 19.8 Å². The molecule has 0 atom stereocenters. The number of rotatable bonds is 5. The molecule has 20 heavy (non-hydrogen) atoms. The van der Waals surface area contributed by atoms with Crippen molar-refractivity contribution in [2.75, 3.05) is 6.61 Å². The van der Waals surface area contributed by atoms with E-state index in [-0.39, 0.29) is 5.88 Å². The van der Waals surface area contributed by atoms with Gasteiger partial charge in [0.2, 0.25) is 5.88 Å². The van der Waals surface area contributed by atoms with E-state index in [0.29, 0.717) is 12.8 Å². The maximum Gasteiger partial charge on any atom is 0.435 e. The van der Waals surface area contributed by atoms with Gasteiger partial charge in [-0.15, -0.1) is 5.10 Å². The van der Waals surface area contributed by atoms with E-state index >= 15 is 0 Å². The van der Waals surface area contributed by atoms with Crippen molar-refractivity contribution in [2.45, 2.75) is 58.9 Å². The van der Waals surface area contributed by atoms with E-state index in [4.69, 9.17) is 15.0 Å². The minimum absolute atomic E-state index is 0.0430. The molecule has 5 nitrogen and oxygen atoms in total. The van der Waals surface area contributed by atoms with Crippen LogP contribution in [0, 0.1) is 5.41 Å². The van der Waals surface area contributed by atoms with Gasteiger partial charge in [-0.2, -0.15) is 4.68 Å². The predicted molar refractivity (Wildman–Crippen MR) is 75.9 cm³/mol. The van der Waals surface area contributed by atoms with Gasteiger partial charge >= 0.3 is 6.09 Å². The van der Waals surface area contributed by atoms with Crippen molar-refractivity contribution in [3.05, 3.63) is 12.3 Å². The van der Waals surface area contributed by atoms with Crippen molar-refractivity contribution >= 4 is 6.09 Å². The Balaban J connectivity index is 1.99. The predicted octanol–water partition coefficient (Wildman–Crippen LogP) is 3.63. The number of hydrogen-bond acceptors (Lipinski definition) is 4. The SMILES string of the molecule is [2H]C([2H])(COc1ccn(C(=O)OC(C)(C)C)n1)C([2H])([2H])C1(C)CC1. The van der Waals surface area contributed by atoms with E-state index < -0.39 is 36.5 Å². The minimum Gasteiger partial charge on any atom is -0.477 e. The van der Waals surface area contributed by atoms with Crippen LogP contribution in [0.4, 0.5) is 4.79 Å². The van der Waals surface area contributed by atoms with Crippen LogP contribution in [0.25, 0.3) is 0 Å². The summed E-state index contributed by atoms with van der Waals surface area (Å²) in [4.78, 5) is 11.9. The fraction of sp³-hybridized carbons (Fsp3) is 0.733. The smallest absolute Gasteiger partial charge is 0.435 e. The molecule has 0 amide bonds.